The Labute approximate surface area is 153 Å². The number of halogens is 1. The van der Waals surface area contributed by atoms with Crippen molar-refractivity contribution in [3.63, 3.8) is 0 Å². The van der Waals surface area contributed by atoms with Crippen LogP contribution in [-0.4, -0.2) is 42.5 Å². The zero-order valence-corrected chi connectivity index (χ0v) is 16.0. The van der Waals surface area contributed by atoms with Crippen molar-refractivity contribution in [2.45, 2.75) is 31.7 Å². The fourth-order valence-electron chi connectivity index (χ4n) is 3.53. The van der Waals surface area contributed by atoms with Crippen LogP contribution < -0.4 is 9.62 Å². The quantitative estimate of drug-likeness (QED) is 0.856. The molecule has 1 fully saturated rings. The standard InChI is InChI=1S/C17H24FN5O2S/c1-12(21-26(3,24)25)16-19-20-17(22(16)2)23-9-7-13(8-10-23)14-5-4-6-15(18)11-14/h4-6,11-13,21H,7-10H2,1-3H3. The van der Waals surface area contributed by atoms with Crippen molar-refractivity contribution >= 4 is 16.0 Å². The summed E-state index contributed by atoms with van der Waals surface area (Å²) in [5, 5.41) is 8.41. The maximum Gasteiger partial charge on any atom is 0.227 e. The van der Waals surface area contributed by atoms with E-state index in [1.54, 1.807) is 19.1 Å². The molecule has 0 amide bonds. The predicted molar refractivity (Wildman–Crippen MR) is 98.0 cm³/mol. The average Bonchev–Trinajstić information content (AvgIpc) is 2.95. The molecule has 0 bridgehead atoms. The molecular formula is C17H24FN5O2S. The van der Waals surface area contributed by atoms with Gasteiger partial charge in [-0.3, -0.25) is 4.57 Å². The van der Waals surface area contributed by atoms with Crippen LogP contribution >= 0.6 is 0 Å². The van der Waals surface area contributed by atoms with Gasteiger partial charge in [-0.15, -0.1) is 10.2 Å². The minimum Gasteiger partial charge on any atom is -0.341 e. The predicted octanol–water partition coefficient (Wildman–Crippen LogP) is 1.95. The van der Waals surface area contributed by atoms with Gasteiger partial charge in [0.05, 0.1) is 12.3 Å². The number of benzene rings is 1. The highest BCUT2D eigenvalue weighted by atomic mass is 32.2. The summed E-state index contributed by atoms with van der Waals surface area (Å²) in [6.45, 7) is 3.33. The highest BCUT2D eigenvalue weighted by Gasteiger charge is 2.26. The lowest BCUT2D eigenvalue weighted by atomic mass is 9.89. The second-order valence-corrected chi connectivity index (χ2v) is 8.63. The van der Waals surface area contributed by atoms with Gasteiger partial charge < -0.3 is 4.90 Å². The van der Waals surface area contributed by atoms with E-state index in [0.717, 1.165) is 43.7 Å². The molecular weight excluding hydrogens is 357 g/mol. The average molecular weight is 381 g/mol. The van der Waals surface area contributed by atoms with E-state index < -0.39 is 16.1 Å². The molecule has 3 rings (SSSR count). The molecule has 0 aliphatic carbocycles. The van der Waals surface area contributed by atoms with Crippen LogP contribution in [0.4, 0.5) is 10.3 Å². The molecule has 142 valence electrons. The summed E-state index contributed by atoms with van der Waals surface area (Å²) < 4.78 is 40.6. The minimum absolute atomic E-state index is 0.199. The normalized spacial score (nSPS) is 17.5. The van der Waals surface area contributed by atoms with Crippen molar-refractivity contribution in [1.29, 1.82) is 0 Å². The summed E-state index contributed by atoms with van der Waals surface area (Å²) in [6, 6.07) is 6.34. The van der Waals surface area contributed by atoms with Crippen LogP contribution in [0.25, 0.3) is 0 Å². The molecule has 1 aromatic carbocycles. The lowest BCUT2D eigenvalue weighted by molar-refractivity contribution is 0.491. The van der Waals surface area contributed by atoms with E-state index in [-0.39, 0.29) is 5.82 Å². The molecule has 26 heavy (non-hydrogen) atoms. The summed E-state index contributed by atoms with van der Waals surface area (Å²) in [6.07, 6.45) is 2.93. The number of aromatic nitrogens is 3. The third-order valence-electron chi connectivity index (χ3n) is 4.76. The van der Waals surface area contributed by atoms with Gasteiger partial charge in [0.25, 0.3) is 0 Å². The Kier molecular flexibility index (Phi) is 5.29. The molecule has 2 heterocycles. The van der Waals surface area contributed by atoms with E-state index in [9.17, 15) is 12.8 Å². The second-order valence-electron chi connectivity index (χ2n) is 6.85. The molecule has 0 radical (unpaired) electrons. The Hall–Kier alpha value is -2.00. The van der Waals surface area contributed by atoms with Gasteiger partial charge in [0.1, 0.15) is 5.82 Å². The molecule has 1 unspecified atom stereocenters. The zero-order valence-electron chi connectivity index (χ0n) is 15.2. The molecule has 1 aliphatic rings. The molecule has 2 aromatic rings. The lowest BCUT2D eigenvalue weighted by Gasteiger charge is -2.32. The number of hydrogen-bond donors (Lipinski definition) is 1. The fourth-order valence-corrected chi connectivity index (χ4v) is 4.28. The number of hydrogen-bond acceptors (Lipinski definition) is 5. The van der Waals surface area contributed by atoms with Crippen LogP contribution in [0.5, 0.6) is 0 Å². The fraction of sp³-hybridized carbons (Fsp3) is 0.529. The zero-order chi connectivity index (χ0) is 18.9. The van der Waals surface area contributed by atoms with Gasteiger partial charge in [0, 0.05) is 20.1 Å². The smallest absolute Gasteiger partial charge is 0.227 e. The van der Waals surface area contributed by atoms with Gasteiger partial charge in [-0.25, -0.2) is 17.5 Å². The van der Waals surface area contributed by atoms with E-state index in [0.29, 0.717) is 11.7 Å². The van der Waals surface area contributed by atoms with E-state index >= 15 is 0 Å². The topological polar surface area (TPSA) is 80.1 Å². The van der Waals surface area contributed by atoms with E-state index in [1.807, 2.05) is 17.7 Å². The SMILES string of the molecule is CC(NS(C)(=O)=O)c1nnc(N2CCC(c3cccc(F)c3)CC2)n1C. The molecule has 1 atom stereocenters. The number of piperidine rings is 1. The molecule has 1 N–H and O–H groups in total. The maximum atomic E-state index is 13.4. The van der Waals surface area contributed by atoms with Gasteiger partial charge in [0.2, 0.25) is 16.0 Å². The van der Waals surface area contributed by atoms with Crippen LogP contribution in [0.2, 0.25) is 0 Å². The molecule has 1 aliphatic heterocycles. The maximum absolute atomic E-state index is 13.4. The summed E-state index contributed by atoms with van der Waals surface area (Å²) in [7, 11) is -1.48. The third kappa shape index (κ3) is 4.21. The highest BCUT2D eigenvalue weighted by molar-refractivity contribution is 7.88. The van der Waals surface area contributed by atoms with Gasteiger partial charge in [-0.2, -0.15) is 0 Å². The molecule has 0 spiro atoms. The second kappa shape index (κ2) is 7.32. The number of anilines is 1. The molecule has 0 saturated carbocycles. The van der Waals surface area contributed by atoms with Crippen LogP contribution in [0.1, 0.15) is 43.1 Å². The lowest BCUT2D eigenvalue weighted by Crippen LogP contribution is -2.35. The molecule has 1 aromatic heterocycles. The first-order chi connectivity index (χ1) is 12.2. The van der Waals surface area contributed by atoms with Crippen LogP contribution in [0.15, 0.2) is 24.3 Å². The largest absolute Gasteiger partial charge is 0.341 e. The Morgan fingerprint density at radius 3 is 2.58 bits per heavy atom. The monoisotopic (exact) mass is 381 g/mol. The van der Waals surface area contributed by atoms with E-state index in [2.05, 4.69) is 19.8 Å². The highest BCUT2D eigenvalue weighted by Crippen LogP contribution is 2.30. The van der Waals surface area contributed by atoms with Crippen LogP contribution in [0, 0.1) is 5.82 Å². The Bertz CT molecular complexity index is 875. The summed E-state index contributed by atoms with van der Waals surface area (Å²) in [5.74, 6) is 1.42. The first-order valence-corrected chi connectivity index (χ1v) is 10.5. The van der Waals surface area contributed by atoms with Crippen molar-refractivity contribution < 1.29 is 12.8 Å². The Morgan fingerprint density at radius 2 is 1.96 bits per heavy atom. The number of sulfonamides is 1. The van der Waals surface area contributed by atoms with E-state index in [1.165, 1.54) is 6.07 Å². The van der Waals surface area contributed by atoms with Crippen LogP contribution in [-0.2, 0) is 17.1 Å². The number of nitrogens with zero attached hydrogens (tertiary/aromatic N) is 4. The summed E-state index contributed by atoms with van der Waals surface area (Å²) in [4.78, 5) is 2.14. The van der Waals surface area contributed by atoms with Gasteiger partial charge >= 0.3 is 0 Å². The first-order valence-electron chi connectivity index (χ1n) is 8.61. The molecule has 9 heteroatoms. The van der Waals surface area contributed by atoms with Crippen molar-refractivity contribution in [2.24, 2.45) is 7.05 Å². The minimum atomic E-state index is -3.32. The molecule has 1 saturated heterocycles. The van der Waals surface area contributed by atoms with Gasteiger partial charge in [-0.05, 0) is 43.4 Å². The Morgan fingerprint density at radius 1 is 1.27 bits per heavy atom. The van der Waals surface area contributed by atoms with Crippen molar-refractivity contribution in [3.8, 4) is 0 Å². The summed E-state index contributed by atoms with van der Waals surface area (Å²) in [5.41, 5.74) is 1.04. The number of rotatable bonds is 5. The number of nitrogens with one attached hydrogen (secondary N) is 1. The summed E-state index contributed by atoms with van der Waals surface area (Å²) >= 11 is 0. The molecule has 7 nitrogen and oxygen atoms in total. The van der Waals surface area contributed by atoms with Crippen molar-refractivity contribution in [2.75, 3.05) is 24.2 Å². The first kappa shape index (κ1) is 18.8. The van der Waals surface area contributed by atoms with Gasteiger partial charge in [0.15, 0.2) is 5.82 Å². The Balaban J connectivity index is 1.68. The van der Waals surface area contributed by atoms with E-state index in [4.69, 9.17) is 0 Å². The van der Waals surface area contributed by atoms with Crippen molar-refractivity contribution in [3.05, 3.63) is 41.5 Å². The third-order valence-corrected chi connectivity index (χ3v) is 5.54. The van der Waals surface area contributed by atoms with Crippen molar-refractivity contribution in [1.82, 2.24) is 19.5 Å². The van der Waals surface area contributed by atoms with Gasteiger partial charge in [-0.1, -0.05) is 12.1 Å². The van der Waals surface area contributed by atoms with Crippen LogP contribution in [0.3, 0.4) is 0 Å².